The predicted octanol–water partition coefficient (Wildman–Crippen LogP) is 4.97. The third kappa shape index (κ3) is 6.99. The number of anilines is 1. The molecule has 4 heterocycles. The van der Waals surface area contributed by atoms with E-state index < -0.39 is 0 Å². The number of rotatable bonds is 6. The Bertz CT molecular complexity index is 1030. The Morgan fingerprint density at radius 3 is 2.86 bits per heavy atom. The Labute approximate surface area is 225 Å². The molecule has 2 atom stereocenters. The van der Waals surface area contributed by atoms with Crippen LogP contribution in [-0.4, -0.2) is 74.6 Å². The minimum atomic E-state index is -0.183. The van der Waals surface area contributed by atoms with Crippen LogP contribution in [0.3, 0.4) is 0 Å². The van der Waals surface area contributed by atoms with Crippen molar-refractivity contribution >= 4 is 33.6 Å². The number of morpholine rings is 1. The molecular formula is C28H42N6O2S. The highest BCUT2D eigenvalue weighted by Gasteiger charge is 2.28. The summed E-state index contributed by atoms with van der Waals surface area (Å²) in [6.45, 7) is 10.9. The third-order valence-electron chi connectivity index (χ3n) is 7.98. The normalized spacial score (nSPS) is 30.5. The molecule has 0 bridgehead atoms. The lowest BCUT2D eigenvalue weighted by atomic mass is 9.93. The summed E-state index contributed by atoms with van der Waals surface area (Å²) in [5.74, 6) is 2.39. The molecule has 1 aromatic rings. The average molecular weight is 527 g/mol. The number of nitrogens with one attached hydrogen (secondary N) is 1. The summed E-state index contributed by atoms with van der Waals surface area (Å²) in [6.07, 6.45) is 8.74. The summed E-state index contributed by atoms with van der Waals surface area (Å²) >= 11 is 1.72. The van der Waals surface area contributed by atoms with Gasteiger partial charge in [-0.25, -0.2) is 9.98 Å². The first kappa shape index (κ1) is 26.8. The van der Waals surface area contributed by atoms with E-state index >= 15 is 0 Å². The van der Waals surface area contributed by atoms with Crippen LogP contribution in [0, 0.1) is 11.8 Å². The van der Waals surface area contributed by atoms with Crippen molar-refractivity contribution in [1.29, 1.82) is 0 Å². The lowest BCUT2D eigenvalue weighted by Gasteiger charge is -2.37. The molecule has 1 saturated carbocycles. The molecule has 0 aromatic carbocycles. The van der Waals surface area contributed by atoms with Crippen LogP contribution < -0.4 is 5.32 Å². The van der Waals surface area contributed by atoms with E-state index in [1.54, 1.807) is 11.8 Å². The summed E-state index contributed by atoms with van der Waals surface area (Å²) in [4.78, 5) is 22.2. The fourth-order valence-corrected chi connectivity index (χ4v) is 6.84. The van der Waals surface area contributed by atoms with Gasteiger partial charge in [0.1, 0.15) is 0 Å². The zero-order valence-corrected chi connectivity index (χ0v) is 23.3. The van der Waals surface area contributed by atoms with Crippen LogP contribution >= 0.6 is 11.8 Å². The maximum absolute atomic E-state index is 9.93. The maximum Gasteiger partial charge on any atom is 0.225 e. The first-order chi connectivity index (χ1) is 17.9. The molecule has 8 nitrogen and oxygen atoms in total. The number of thioether (sulfide) groups is 1. The Hall–Kier alpha value is -1.81. The zero-order chi connectivity index (χ0) is 25.8. The molecule has 1 aromatic heterocycles. The van der Waals surface area contributed by atoms with Crippen molar-refractivity contribution in [1.82, 2.24) is 14.9 Å². The minimum absolute atomic E-state index is 0.183. The van der Waals surface area contributed by atoms with Gasteiger partial charge in [0, 0.05) is 37.8 Å². The van der Waals surface area contributed by atoms with E-state index in [2.05, 4.69) is 43.1 Å². The molecule has 3 aliphatic heterocycles. The lowest BCUT2D eigenvalue weighted by molar-refractivity contribution is -0.0289. The molecule has 1 aliphatic carbocycles. The molecule has 2 saturated heterocycles. The Morgan fingerprint density at radius 2 is 2.05 bits per heavy atom. The van der Waals surface area contributed by atoms with E-state index in [0.717, 1.165) is 99.4 Å². The first-order valence-electron chi connectivity index (χ1n) is 14.1. The number of dihydropyridines is 1. The van der Waals surface area contributed by atoms with Crippen molar-refractivity contribution in [3.05, 3.63) is 23.4 Å². The lowest BCUT2D eigenvalue weighted by Crippen LogP contribution is -2.47. The predicted molar refractivity (Wildman–Crippen MR) is 152 cm³/mol. The van der Waals surface area contributed by atoms with Gasteiger partial charge < -0.3 is 15.2 Å². The van der Waals surface area contributed by atoms with Gasteiger partial charge in [-0.2, -0.15) is 4.98 Å². The van der Waals surface area contributed by atoms with Crippen LogP contribution in [0.4, 0.5) is 11.8 Å². The van der Waals surface area contributed by atoms with Gasteiger partial charge in [-0.05, 0) is 62.4 Å². The molecule has 2 unspecified atom stereocenters. The highest BCUT2D eigenvalue weighted by Crippen LogP contribution is 2.34. The second-order valence-electron chi connectivity index (χ2n) is 11.2. The number of ether oxygens (including phenoxy) is 1. The average Bonchev–Trinajstić information content (AvgIpc) is 3.04. The first-order valence-corrected chi connectivity index (χ1v) is 14.9. The van der Waals surface area contributed by atoms with Crippen LogP contribution in [0.5, 0.6) is 0 Å². The second kappa shape index (κ2) is 12.4. The summed E-state index contributed by atoms with van der Waals surface area (Å²) in [7, 11) is 0. The number of hydrogen-bond donors (Lipinski definition) is 2. The van der Waals surface area contributed by atoms with Gasteiger partial charge >= 0.3 is 0 Å². The highest BCUT2D eigenvalue weighted by atomic mass is 32.2. The highest BCUT2D eigenvalue weighted by molar-refractivity contribution is 8.27. The maximum atomic E-state index is 9.93. The summed E-state index contributed by atoms with van der Waals surface area (Å²) in [5.41, 5.74) is 2.38. The Morgan fingerprint density at radius 1 is 1.22 bits per heavy atom. The standard InChI is InChI=1S/C28H42N6O2S/c1-18(2)24-17-36-14-13-34(24)16-21-15-25(33-28(31-21)30-20-7-9-22(35)10-8-20)32-26-11-6-19(3)23-5-4-12-29-27(23)37-26/h5,15,18-20,22,24,35H,4,6-14,16-17H2,1-3H3,(H,30,31,33). The Kier molecular flexibility index (Phi) is 8.95. The van der Waals surface area contributed by atoms with Gasteiger partial charge in [-0.15, -0.1) is 0 Å². The van der Waals surface area contributed by atoms with Crippen molar-refractivity contribution in [3.8, 4) is 0 Å². The number of fused-ring (bicyclic) bond motifs is 1. The number of aliphatic hydroxyl groups is 1. The second-order valence-corrected chi connectivity index (χ2v) is 12.3. The molecule has 0 radical (unpaired) electrons. The molecule has 2 N–H and O–H groups in total. The molecule has 0 amide bonds. The molecule has 4 aliphatic rings. The number of nitrogens with zero attached hydrogens (tertiary/aromatic N) is 5. The van der Waals surface area contributed by atoms with Crippen molar-refractivity contribution in [2.45, 2.75) is 90.4 Å². The molecule has 3 fully saturated rings. The monoisotopic (exact) mass is 526 g/mol. The number of aromatic nitrogens is 2. The summed E-state index contributed by atoms with van der Waals surface area (Å²) < 4.78 is 5.78. The SMILES string of the molecule is CC1CCC(=Nc2cc(CN3CCOCC3C(C)C)nc(NC3CCC(O)CC3)n2)SC2=NCCC=C21. The van der Waals surface area contributed by atoms with E-state index in [0.29, 0.717) is 23.8 Å². The van der Waals surface area contributed by atoms with Gasteiger partial charge in [0.25, 0.3) is 0 Å². The summed E-state index contributed by atoms with van der Waals surface area (Å²) in [5, 5.41) is 15.7. The molecule has 5 rings (SSSR count). The van der Waals surface area contributed by atoms with E-state index in [4.69, 9.17) is 24.7 Å². The number of aliphatic imine (C=N–C) groups is 2. The van der Waals surface area contributed by atoms with Gasteiger partial charge in [-0.3, -0.25) is 9.89 Å². The van der Waals surface area contributed by atoms with Crippen molar-refractivity contribution in [3.63, 3.8) is 0 Å². The van der Waals surface area contributed by atoms with Gasteiger partial charge in [0.05, 0.1) is 35.1 Å². The van der Waals surface area contributed by atoms with Gasteiger partial charge in [0.15, 0.2) is 5.82 Å². The zero-order valence-electron chi connectivity index (χ0n) is 22.5. The van der Waals surface area contributed by atoms with Crippen LogP contribution in [0.2, 0.25) is 0 Å². The fourth-order valence-electron chi connectivity index (χ4n) is 5.70. The van der Waals surface area contributed by atoms with Crippen LogP contribution in [-0.2, 0) is 11.3 Å². The van der Waals surface area contributed by atoms with Gasteiger partial charge in [0.2, 0.25) is 5.95 Å². The van der Waals surface area contributed by atoms with Crippen LogP contribution in [0.15, 0.2) is 27.7 Å². The van der Waals surface area contributed by atoms with Crippen molar-refractivity contribution in [2.75, 3.05) is 31.6 Å². The van der Waals surface area contributed by atoms with Gasteiger partial charge in [-0.1, -0.05) is 38.6 Å². The quantitative estimate of drug-likeness (QED) is 0.540. The number of hydrogen-bond acceptors (Lipinski definition) is 9. The van der Waals surface area contributed by atoms with Crippen molar-refractivity contribution < 1.29 is 9.84 Å². The smallest absolute Gasteiger partial charge is 0.225 e. The van der Waals surface area contributed by atoms with E-state index in [1.165, 1.54) is 5.57 Å². The molecule has 9 heteroatoms. The molecular weight excluding hydrogens is 484 g/mol. The Balaban J connectivity index is 1.41. The molecule has 202 valence electrons. The third-order valence-corrected chi connectivity index (χ3v) is 9.07. The largest absolute Gasteiger partial charge is 0.393 e. The topological polar surface area (TPSA) is 95.2 Å². The van der Waals surface area contributed by atoms with Crippen LogP contribution in [0.25, 0.3) is 0 Å². The van der Waals surface area contributed by atoms with Crippen LogP contribution in [0.1, 0.15) is 71.4 Å². The van der Waals surface area contributed by atoms with E-state index in [9.17, 15) is 5.11 Å². The molecule has 0 spiro atoms. The molecule has 37 heavy (non-hydrogen) atoms. The number of aliphatic hydroxyl groups excluding tert-OH is 1. The van der Waals surface area contributed by atoms with E-state index in [1.807, 2.05) is 0 Å². The van der Waals surface area contributed by atoms with Crippen molar-refractivity contribution in [2.24, 2.45) is 21.8 Å². The fraction of sp³-hybridized carbons (Fsp3) is 0.714. The van der Waals surface area contributed by atoms with E-state index in [-0.39, 0.29) is 12.1 Å². The minimum Gasteiger partial charge on any atom is -0.393 e. The summed E-state index contributed by atoms with van der Waals surface area (Å²) in [6, 6.07) is 2.72.